The SMILES string of the molecule is C/C=C\NC(=O)OCc1ccccc1. The van der Waals surface area contributed by atoms with Crippen LogP contribution >= 0.6 is 0 Å². The fourth-order valence-corrected chi connectivity index (χ4v) is 0.916. The monoisotopic (exact) mass is 191 g/mol. The van der Waals surface area contributed by atoms with Gasteiger partial charge in [0.2, 0.25) is 0 Å². The Morgan fingerprint density at radius 3 is 2.79 bits per heavy atom. The molecule has 74 valence electrons. The number of rotatable bonds is 3. The van der Waals surface area contributed by atoms with Crippen molar-refractivity contribution in [3.63, 3.8) is 0 Å². The molecule has 1 amide bonds. The lowest BCUT2D eigenvalue weighted by molar-refractivity contribution is 0.143. The van der Waals surface area contributed by atoms with E-state index in [0.29, 0.717) is 6.61 Å². The molecule has 3 nitrogen and oxygen atoms in total. The summed E-state index contributed by atoms with van der Waals surface area (Å²) in [6.07, 6.45) is 2.82. The van der Waals surface area contributed by atoms with E-state index in [2.05, 4.69) is 5.32 Å². The van der Waals surface area contributed by atoms with Gasteiger partial charge in [0.1, 0.15) is 6.61 Å². The molecule has 0 unspecified atom stereocenters. The average molecular weight is 191 g/mol. The van der Waals surface area contributed by atoms with Gasteiger partial charge in [0.15, 0.2) is 0 Å². The summed E-state index contributed by atoms with van der Waals surface area (Å²) in [6.45, 7) is 2.11. The number of carbonyl (C=O) groups excluding carboxylic acids is 1. The van der Waals surface area contributed by atoms with Crippen LogP contribution in [0.15, 0.2) is 42.6 Å². The Hall–Kier alpha value is -1.77. The van der Waals surface area contributed by atoms with Crippen LogP contribution in [0, 0.1) is 0 Å². The molecule has 0 aromatic heterocycles. The lowest BCUT2D eigenvalue weighted by atomic mass is 10.2. The normalized spacial score (nSPS) is 10.1. The van der Waals surface area contributed by atoms with E-state index in [-0.39, 0.29) is 0 Å². The Balaban J connectivity index is 2.31. The number of benzene rings is 1. The van der Waals surface area contributed by atoms with E-state index in [1.165, 1.54) is 6.20 Å². The number of ether oxygens (including phenoxy) is 1. The first-order valence-electron chi connectivity index (χ1n) is 4.41. The zero-order valence-electron chi connectivity index (χ0n) is 8.07. The van der Waals surface area contributed by atoms with E-state index in [1.807, 2.05) is 37.3 Å². The number of allylic oxidation sites excluding steroid dienone is 1. The van der Waals surface area contributed by atoms with E-state index < -0.39 is 6.09 Å². The molecule has 14 heavy (non-hydrogen) atoms. The fraction of sp³-hybridized carbons (Fsp3) is 0.182. The summed E-state index contributed by atoms with van der Waals surface area (Å²) in [5.41, 5.74) is 0.975. The van der Waals surface area contributed by atoms with E-state index >= 15 is 0 Å². The van der Waals surface area contributed by atoms with E-state index in [1.54, 1.807) is 6.08 Å². The molecular formula is C11H13NO2. The molecule has 0 fully saturated rings. The molecule has 1 N–H and O–H groups in total. The second kappa shape index (κ2) is 5.80. The van der Waals surface area contributed by atoms with Crippen LogP contribution in [0.1, 0.15) is 12.5 Å². The van der Waals surface area contributed by atoms with Gasteiger partial charge < -0.3 is 4.74 Å². The topological polar surface area (TPSA) is 38.3 Å². The molecule has 0 spiro atoms. The van der Waals surface area contributed by atoms with E-state index in [9.17, 15) is 4.79 Å². The average Bonchev–Trinajstić information content (AvgIpc) is 2.25. The molecule has 0 bridgehead atoms. The summed E-state index contributed by atoms with van der Waals surface area (Å²) < 4.78 is 4.93. The Labute approximate surface area is 83.4 Å². The van der Waals surface area contributed by atoms with Crippen molar-refractivity contribution in [2.75, 3.05) is 0 Å². The van der Waals surface area contributed by atoms with Crippen molar-refractivity contribution < 1.29 is 9.53 Å². The highest BCUT2D eigenvalue weighted by Crippen LogP contribution is 2.00. The molecule has 1 aromatic rings. The Morgan fingerprint density at radius 1 is 1.43 bits per heavy atom. The third-order valence-corrected chi connectivity index (χ3v) is 1.58. The smallest absolute Gasteiger partial charge is 0.411 e. The van der Waals surface area contributed by atoms with Gasteiger partial charge in [-0.15, -0.1) is 0 Å². The van der Waals surface area contributed by atoms with Crippen LogP contribution in [0.3, 0.4) is 0 Å². The molecule has 0 atom stereocenters. The molecule has 0 saturated heterocycles. The maximum atomic E-state index is 11.0. The van der Waals surface area contributed by atoms with Gasteiger partial charge in [-0.05, 0) is 12.5 Å². The van der Waals surface area contributed by atoms with Crippen LogP contribution in [-0.4, -0.2) is 6.09 Å². The second-order valence-electron chi connectivity index (χ2n) is 2.71. The summed E-state index contributed by atoms with van der Waals surface area (Å²) in [4.78, 5) is 11.0. The first kappa shape index (κ1) is 10.3. The molecule has 0 aliphatic rings. The molecular weight excluding hydrogens is 178 g/mol. The largest absolute Gasteiger partial charge is 0.444 e. The minimum Gasteiger partial charge on any atom is -0.444 e. The fourth-order valence-electron chi connectivity index (χ4n) is 0.916. The molecule has 1 aromatic carbocycles. The van der Waals surface area contributed by atoms with Crippen LogP contribution in [0.5, 0.6) is 0 Å². The quantitative estimate of drug-likeness (QED) is 0.796. The van der Waals surface area contributed by atoms with Crippen molar-refractivity contribution >= 4 is 6.09 Å². The second-order valence-corrected chi connectivity index (χ2v) is 2.71. The van der Waals surface area contributed by atoms with Gasteiger partial charge >= 0.3 is 6.09 Å². The maximum Gasteiger partial charge on any atom is 0.411 e. The summed E-state index contributed by atoms with van der Waals surface area (Å²) in [5.74, 6) is 0. The molecule has 3 heteroatoms. The van der Waals surface area contributed by atoms with Crippen molar-refractivity contribution in [1.82, 2.24) is 5.32 Å². The Kier molecular flexibility index (Phi) is 4.27. The predicted octanol–water partition coefficient (Wildman–Crippen LogP) is 2.45. The highest BCUT2D eigenvalue weighted by molar-refractivity contribution is 5.68. The molecule has 0 heterocycles. The summed E-state index contributed by atoms with van der Waals surface area (Å²) in [7, 11) is 0. The first-order chi connectivity index (χ1) is 6.83. The standard InChI is InChI=1S/C11H13NO2/c1-2-8-12-11(13)14-9-10-6-4-3-5-7-10/h2-8H,9H2,1H3,(H,12,13)/b8-2-. The lowest BCUT2D eigenvalue weighted by Gasteiger charge is -2.03. The van der Waals surface area contributed by atoms with Gasteiger partial charge in [-0.2, -0.15) is 0 Å². The zero-order valence-corrected chi connectivity index (χ0v) is 8.07. The predicted molar refractivity (Wildman–Crippen MR) is 54.6 cm³/mol. The van der Waals surface area contributed by atoms with E-state index in [4.69, 9.17) is 4.74 Å². The minimum absolute atomic E-state index is 0.296. The highest BCUT2D eigenvalue weighted by atomic mass is 16.5. The summed E-state index contributed by atoms with van der Waals surface area (Å²) in [6, 6.07) is 9.54. The van der Waals surface area contributed by atoms with Crippen molar-refractivity contribution in [2.45, 2.75) is 13.5 Å². The lowest BCUT2D eigenvalue weighted by Crippen LogP contribution is -2.17. The number of hydrogen-bond acceptors (Lipinski definition) is 2. The molecule has 1 rings (SSSR count). The van der Waals surface area contributed by atoms with Gasteiger partial charge in [-0.1, -0.05) is 36.4 Å². The van der Waals surface area contributed by atoms with Crippen LogP contribution in [0.25, 0.3) is 0 Å². The van der Waals surface area contributed by atoms with Gasteiger partial charge in [-0.25, -0.2) is 4.79 Å². The summed E-state index contributed by atoms with van der Waals surface area (Å²) >= 11 is 0. The molecule has 0 aliphatic carbocycles. The van der Waals surface area contributed by atoms with Gasteiger partial charge in [0, 0.05) is 6.20 Å². The molecule has 0 aliphatic heterocycles. The molecule has 0 saturated carbocycles. The van der Waals surface area contributed by atoms with Crippen molar-refractivity contribution in [3.05, 3.63) is 48.2 Å². The third kappa shape index (κ3) is 3.76. The Morgan fingerprint density at radius 2 is 2.14 bits per heavy atom. The number of nitrogens with one attached hydrogen (secondary N) is 1. The van der Waals surface area contributed by atoms with Crippen LogP contribution < -0.4 is 5.32 Å². The number of amides is 1. The zero-order chi connectivity index (χ0) is 10.2. The van der Waals surface area contributed by atoms with Crippen molar-refractivity contribution in [3.8, 4) is 0 Å². The highest BCUT2D eigenvalue weighted by Gasteiger charge is 1.98. The summed E-state index contributed by atoms with van der Waals surface area (Å²) in [5, 5.41) is 2.46. The number of alkyl carbamates (subject to hydrolysis) is 1. The van der Waals surface area contributed by atoms with Crippen LogP contribution in [-0.2, 0) is 11.3 Å². The third-order valence-electron chi connectivity index (χ3n) is 1.58. The number of carbonyl (C=O) groups is 1. The van der Waals surface area contributed by atoms with Gasteiger partial charge in [0.25, 0.3) is 0 Å². The van der Waals surface area contributed by atoms with E-state index in [0.717, 1.165) is 5.56 Å². The molecule has 0 radical (unpaired) electrons. The van der Waals surface area contributed by atoms with Crippen LogP contribution in [0.4, 0.5) is 4.79 Å². The first-order valence-corrected chi connectivity index (χ1v) is 4.41. The Bertz CT molecular complexity index is 306. The van der Waals surface area contributed by atoms with Gasteiger partial charge in [0.05, 0.1) is 0 Å². The maximum absolute atomic E-state index is 11.0. The van der Waals surface area contributed by atoms with Crippen molar-refractivity contribution in [1.29, 1.82) is 0 Å². The minimum atomic E-state index is -0.438. The van der Waals surface area contributed by atoms with Crippen LogP contribution in [0.2, 0.25) is 0 Å². The van der Waals surface area contributed by atoms with Gasteiger partial charge in [-0.3, -0.25) is 5.32 Å². The van der Waals surface area contributed by atoms with Crippen molar-refractivity contribution in [2.24, 2.45) is 0 Å². The number of hydrogen-bond donors (Lipinski definition) is 1.